The maximum Gasteiger partial charge on any atom is 0.222 e. The molecule has 1 atom stereocenters. The van der Waals surface area contributed by atoms with Crippen LogP contribution in [0.25, 0.3) is 0 Å². The summed E-state index contributed by atoms with van der Waals surface area (Å²) in [6.07, 6.45) is 7.12. The molecule has 3 aliphatic rings. The van der Waals surface area contributed by atoms with Gasteiger partial charge in [-0.2, -0.15) is 0 Å². The summed E-state index contributed by atoms with van der Waals surface area (Å²) >= 11 is 0. The van der Waals surface area contributed by atoms with Crippen molar-refractivity contribution < 1.29 is 9.21 Å². The van der Waals surface area contributed by atoms with Gasteiger partial charge in [0.15, 0.2) is 5.89 Å². The Morgan fingerprint density at radius 3 is 2.84 bits per heavy atom. The molecule has 6 heteroatoms. The Bertz CT molecular complexity index is 627. The standard InChI is InChI=1S/C19H30N4O2/c1-15-20-17(13-25-15)12-22-10-9-21(2)19(14-22)6-5-18(24)23(8-7-19)11-16-3-4-16/h13,16H,3-12,14H2,1-2H3/t19-/m0/s1. The van der Waals surface area contributed by atoms with Crippen molar-refractivity contribution in [1.82, 2.24) is 19.7 Å². The van der Waals surface area contributed by atoms with Crippen LogP contribution in [0.4, 0.5) is 0 Å². The highest BCUT2D eigenvalue weighted by molar-refractivity contribution is 5.76. The summed E-state index contributed by atoms with van der Waals surface area (Å²) in [7, 11) is 2.23. The number of hydrogen-bond donors (Lipinski definition) is 0. The summed E-state index contributed by atoms with van der Waals surface area (Å²) in [6.45, 7) is 7.74. The van der Waals surface area contributed by atoms with E-state index in [1.54, 1.807) is 6.26 Å². The van der Waals surface area contributed by atoms with Crippen molar-refractivity contribution in [2.75, 3.05) is 39.8 Å². The van der Waals surface area contributed by atoms with Crippen molar-refractivity contribution >= 4 is 5.91 Å². The van der Waals surface area contributed by atoms with Gasteiger partial charge in [-0.1, -0.05) is 0 Å². The zero-order valence-electron chi connectivity index (χ0n) is 15.5. The second kappa shape index (κ2) is 6.72. The Kier molecular flexibility index (Phi) is 4.58. The number of likely N-dealkylation sites (N-methyl/N-ethyl adjacent to an activating group) is 1. The third-order valence-corrected chi connectivity index (χ3v) is 6.31. The largest absolute Gasteiger partial charge is 0.449 e. The van der Waals surface area contributed by atoms with Crippen LogP contribution < -0.4 is 0 Å². The maximum atomic E-state index is 12.6. The lowest BCUT2D eigenvalue weighted by Gasteiger charge is -2.49. The van der Waals surface area contributed by atoms with E-state index in [0.29, 0.717) is 12.3 Å². The van der Waals surface area contributed by atoms with E-state index in [4.69, 9.17) is 4.42 Å². The topological polar surface area (TPSA) is 52.8 Å². The number of nitrogens with zero attached hydrogens (tertiary/aromatic N) is 4. The number of carbonyl (C=O) groups excluding carboxylic acids is 1. The molecular weight excluding hydrogens is 316 g/mol. The molecule has 1 saturated carbocycles. The zero-order chi connectivity index (χ0) is 17.4. The molecule has 1 spiro atoms. The van der Waals surface area contributed by atoms with Crippen molar-refractivity contribution in [2.45, 2.75) is 51.1 Å². The van der Waals surface area contributed by atoms with Gasteiger partial charge >= 0.3 is 0 Å². The van der Waals surface area contributed by atoms with Crippen LogP contribution in [0.1, 0.15) is 43.7 Å². The van der Waals surface area contributed by atoms with Crippen LogP contribution in [0.15, 0.2) is 10.7 Å². The third-order valence-electron chi connectivity index (χ3n) is 6.31. The number of carbonyl (C=O) groups is 1. The van der Waals surface area contributed by atoms with Gasteiger partial charge in [-0.3, -0.25) is 14.6 Å². The molecule has 1 amide bonds. The van der Waals surface area contributed by atoms with Gasteiger partial charge in [0.05, 0.1) is 5.69 Å². The number of aryl methyl sites for hydroxylation is 1. The molecule has 1 aliphatic carbocycles. The Balaban J connectivity index is 1.43. The van der Waals surface area contributed by atoms with E-state index in [0.717, 1.165) is 69.6 Å². The Morgan fingerprint density at radius 1 is 1.28 bits per heavy atom. The number of likely N-dealkylation sites (tertiary alicyclic amines) is 1. The highest BCUT2D eigenvalue weighted by Crippen LogP contribution is 2.35. The van der Waals surface area contributed by atoms with Crippen LogP contribution in [-0.2, 0) is 11.3 Å². The van der Waals surface area contributed by atoms with Gasteiger partial charge in [0.2, 0.25) is 5.91 Å². The van der Waals surface area contributed by atoms with Gasteiger partial charge in [-0.05, 0) is 38.6 Å². The molecule has 0 unspecified atom stereocenters. The van der Waals surface area contributed by atoms with Crippen LogP contribution in [0.5, 0.6) is 0 Å². The van der Waals surface area contributed by atoms with Crippen LogP contribution in [0, 0.1) is 12.8 Å². The molecule has 138 valence electrons. The van der Waals surface area contributed by atoms with Crippen molar-refractivity contribution in [3.8, 4) is 0 Å². The first kappa shape index (κ1) is 17.0. The first-order valence-corrected chi connectivity index (χ1v) is 9.66. The first-order valence-electron chi connectivity index (χ1n) is 9.66. The summed E-state index contributed by atoms with van der Waals surface area (Å²) < 4.78 is 5.36. The van der Waals surface area contributed by atoms with Crippen LogP contribution in [-0.4, -0.2) is 70.9 Å². The normalized spacial score (nSPS) is 29.4. The number of aromatic nitrogens is 1. The van der Waals surface area contributed by atoms with E-state index < -0.39 is 0 Å². The maximum absolute atomic E-state index is 12.6. The molecule has 0 bridgehead atoms. The molecular formula is C19H30N4O2. The molecule has 2 saturated heterocycles. The van der Waals surface area contributed by atoms with E-state index in [-0.39, 0.29) is 5.54 Å². The minimum atomic E-state index is 0.116. The molecule has 1 aromatic heterocycles. The van der Waals surface area contributed by atoms with Crippen molar-refractivity contribution in [2.24, 2.45) is 5.92 Å². The molecule has 1 aromatic rings. The van der Waals surface area contributed by atoms with Gasteiger partial charge in [0.25, 0.3) is 0 Å². The number of rotatable bonds is 4. The van der Waals surface area contributed by atoms with Gasteiger partial charge in [0, 0.05) is 58.2 Å². The Labute approximate surface area is 150 Å². The number of amides is 1. The van der Waals surface area contributed by atoms with Crippen LogP contribution in [0.3, 0.4) is 0 Å². The molecule has 0 radical (unpaired) electrons. The predicted octanol–water partition coefficient (Wildman–Crippen LogP) is 1.89. The fourth-order valence-electron chi connectivity index (χ4n) is 4.43. The highest BCUT2D eigenvalue weighted by atomic mass is 16.3. The SMILES string of the molecule is Cc1nc(CN2CCN(C)[C@]3(CCC(=O)N(CC4CC4)CC3)C2)co1. The van der Waals surface area contributed by atoms with Crippen molar-refractivity contribution in [1.29, 1.82) is 0 Å². The molecule has 2 aliphatic heterocycles. The van der Waals surface area contributed by atoms with E-state index in [1.165, 1.54) is 12.8 Å². The second-order valence-electron chi connectivity index (χ2n) is 8.25. The zero-order valence-corrected chi connectivity index (χ0v) is 15.5. The minimum Gasteiger partial charge on any atom is -0.449 e. The average molecular weight is 346 g/mol. The Morgan fingerprint density at radius 2 is 2.12 bits per heavy atom. The van der Waals surface area contributed by atoms with E-state index in [2.05, 4.69) is 26.7 Å². The lowest BCUT2D eigenvalue weighted by molar-refractivity contribution is -0.131. The lowest BCUT2D eigenvalue weighted by Crippen LogP contribution is -2.60. The molecule has 0 aromatic carbocycles. The number of hydrogen-bond acceptors (Lipinski definition) is 5. The summed E-state index contributed by atoms with van der Waals surface area (Å²) in [4.78, 5) is 24.1. The summed E-state index contributed by atoms with van der Waals surface area (Å²) in [5, 5.41) is 0. The molecule has 4 rings (SSSR count). The third kappa shape index (κ3) is 3.75. The first-order chi connectivity index (χ1) is 12.0. The van der Waals surface area contributed by atoms with E-state index in [1.807, 2.05) is 6.92 Å². The smallest absolute Gasteiger partial charge is 0.222 e. The highest BCUT2D eigenvalue weighted by Gasteiger charge is 2.42. The summed E-state index contributed by atoms with van der Waals surface area (Å²) in [6, 6.07) is 0. The van der Waals surface area contributed by atoms with Crippen LogP contribution >= 0.6 is 0 Å². The lowest BCUT2D eigenvalue weighted by atomic mass is 9.86. The molecule has 25 heavy (non-hydrogen) atoms. The van der Waals surface area contributed by atoms with Crippen molar-refractivity contribution in [3.05, 3.63) is 17.8 Å². The molecule has 0 N–H and O–H groups in total. The predicted molar refractivity (Wildman–Crippen MR) is 95.0 cm³/mol. The van der Waals surface area contributed by atoms with Gasteiger partial charge < -0.3 is 9.32 Å². The molecule has 6 nitrogen and oxygen atoms in total. The summed E-state index contributed by atoms with van der Waals surface area (Å²) in [5.74, 6) is 1.87. The fourth-order valence-corrected chi connectivity index (χ4v) is 4.43. The van der Waals surface area contributed by atoms with Gasteiger partial charge in [-0.15, -0.1) is 0 Å². The van der Waals surface area contributed by atoms with Crippen LogP contribution in [0.2, 0.25) is 0 Å². The molecule has 3 fully saturated rings. The van der Waals surface area contributed by atoms with E-state index >= 15 is 0 Å². The van der Waals surface area contributed by atoms with Crippen molar-refractivity contribution in [3.63, 3.8) is 0 Å². The summed E-state index contributed by atoms with van der Waals surface area (Å²) in [5.41, 5.74) is 1.13. The number of piperazine rings is 1. The van der Waals surface area contributed by atoms with E-state index in [9.17, 15) is 4.79 Å². The fraction of sp³-hybridized carbons (Fsp3) is 0.789. The molecule has 3 heterocycles. The second-order valence-corrected chi connectivity index (χ2v) is 8.25. The quantitative estimate of drug-likeness (QED) is 0.833. The van der Waals surface area contributed by atoms with Gasteiger partial charge in [-0.25, -0.2) is 4.98 Å². The average Bonchev–Trinajstić information content (AvgIpc) is 3.34. The Hall–Kier alpha value is -1.40. The monoisotopic (exact) mass is 346 g/mol. The number of oxazole rings is 1. The van der Waals surface area contributed by atoms with Gasteiger partial charge in [0.1, 0.15) is 6.26 Å². The minimum absolute atomic E-state index is 0.116.